The van der Waals surface area contributed by atoms with Crippen molar-refractivity contribution in [2.24, 2.45) is 5.92 Å². The van der Waals surface area contributed by atoms with Gasteiger partial charge in [0.15, 0.2) is 5.13 Å². The zero-order chi connectivity index (χ0) is 19.2. The van der Waals surface area contributed by atoms with Crippen LogP contribution in [0.3, 0.4) is 0 Å². The number of piperidine rings is 1. The van der Waals surface area contributed by atoms with Crippen LogP contribution in [0.2, 0.25) is 0 Å². The van der Waals surface area contributed by atoms with Gasteiger partial charge in [0.05, 0.1) is 5.69 Å². The average molecular weight is 390 g/mol. The van der Waals surface area contributed by atoms with Crippen LogP contribution < -0.4 is 16.0 Å². The summed E-state index contributed by atoms with van der Waals surface area (Å²) in [6, 6.07) is 4.45. The summed E-state index contributed by atoms with van der Waals surface area (Å²) in [4.78, 5) is 27.5. The van der Waals surface area contributed by atoms with Gasteiger partial charge in [-0.05, 0) is 56.5 Å². The third-order valence-corrected chi connectivity index (χ3v) is 5.31. The molecule has 27 heavy (non-hydrogen) atoms. The van der Waals surface area contributed by atoms with Crippen LogP contribution in [0.1, 0.15) is 32.6 Å². The van der Waals surface area contributed by atoms with E-state index in [9.17, 15) is 14.0 Å². The number of carbonyl (C=O) groups excluding carboxylic acids is 2. The van der Waals surface area contributed by atoms with Crippen molar-refractivity contribution in [1.29, 1.82) is 0 Å². The monoisotopic (exact) mass is 390 g/mol. The first-order chi connectivity index (χ1) is 13.0. The second-order valence-electron chi connectivity index (χ2n) is 6.69. The van der Waals surface area contributed by atoms with Crippen molar-refractivity contribution >= 4 is 34.0 Å². The largest absolute Gasteiger partial charge is 0.326 e. The maximum atomic E-state index is 14.3. The lowest BCUT2D eigenvalue weighted by molar-refractivity contribution is -0.116. The minimum atomic E-state index is -0.477. The van der Waals surface area contributed by atoms with Crippen molar-refractivity contribution in [2.45, 2.75) is 32.6 Å². The third-order valence-electron chi connectivity index (χ3n) is 4.55. The molecule has 6 nitrogen and oxygen atoms in total. The minimum Gasteiger partial charge on any atom is -0.326 e. The molecule has 1 aromatic heterocycles. The molecule has 0 bridgehead atoms. The summed E-state index contributed by atoms with van der Waals surface area (Å²) in [5.74, 6) is -0.198. The maximum Gasteiger partial charge on any atom is 0.226 e. The van der Waals surface area contributed by atoms with Gasteiger partial charge >= 0.3 is 0 Å². The summed E-state index contributed by atoms with van der Waals surface area (Å²) in [6.45, 7) is 3.41. The van der Waals surface area contributed by atoms with Crippen molar-refractivity contribution < 1.29 is 14.0 Å². The molecule has 0 spiro atoms. The molecule has 144 valence electrons. The van der Waals surface area contributed by atoms with Crippen LogP contribution in [0.5, 0.6) is 0 Å². The first-order valence-electron chi connectivity index (χ1n) is 9.05. The van der Waals surface area contributed by atoms with Crippen molar-refractivity contribution in [1.82, 2.24) is 10.3 Å². The number of anilines is 2. The molecule has 2 aromatic rings. The lowest BCUT2D eigenvalue weighted by Gasteiger charge is -2.21. The summed E-state index contributed by atoms with van der Waals surface area (Å²) in [6.07, 6.45) is 3.58. The molecule has 1 fully saturated rings. The molecule has 8 heteroatoms. The predicted octanol–water partition coefficient (Wildman–Crippen LogP) is 3.63. The van der Waals surface area contributed by atoms with Crippen LogP contribution in [0.4, 0.5) is 15.2 Å². The van der Waals surface area contributed by atoms with E-state index in [-0.39, 0.29) is 11.8 Å². The molecule has 3 rings (SSSR count). The molecule has 3 N–H and O–H groups in total. The summed E-state index contributed by atoms with van der Waals surface area (Å²) in [7, 11) is 0. The lowest BCUT2D eigenvalue weighted by Crippen LogP contribution is -2.28. The van der Waals surface area contributed by atoms with E-state index in [2.05, 4.69) is 20.9 Å². The Morgan fingerprint density at radius 2 is 2.07 bits per heavy atom. The average Bonchev–Trinajstić information content (AvgIpc) is 3.08. The number of aromatic nitrogens is 1. The number of rotatable bonds is 6. The third kappa shape index (κ3) is 5.58. The van der Waals surface area contributed by atoms with Gasteiger partial charge in [0.25, 0.3) is 0 Å². The van der Waals surface area contributed by atoms with Crippen molar-refractivity contribution in [3.8, 4) is 11.3 Å². The second-order valence-corrected chi connectivity index (χ2v) is 7.55. The van der Waals surface area contributed by atoms with Crippen LogP contribution >= 0.6 is 11.3 Å². The molecule has 0 saturated carbocycles. The van der Waals surface area contributed by atoms with Crippen LogP contribution in [0, 0.1) is 11.7 Å². The van der Waals surface area contributed by atoms with Gasteiger partial charge in [-0.15, -0.1) is 11.3 Å². The Labute approximate surface area is 161 Å². The van der Waals surface area contributed by atoms with Gasteiger partial charge in [-0.25, -0.2) is 9.37 Å². The van der Waals surface area contributed by atoms with E-state index in [0.29, 0.717) is 34.4 Å². The highest BCUT2D eigenvalue weighted by Gasteiger charge is 2.16. The Morgan fingerprint density at radius 1 is 1.30 bits per heavy atom. The number of nitrogens with zero attached hydrogens (tertiary/aromatic N) is 1. The molecule has 0 radical (unpaired) electrons. The zero-order valence-electron chi connectivity index (χ0n) is 15.2. The molecule has 0 unspecified atom stereocenters. The molecule has 1 aliphatic heterocycles. The molecule has 0 aliphatic carbocycles. The van der Waals surface area contributed by atoms with Gasteiger partial charge in [-0.2, -0.15) is 0 Å². The summed E-state index contributed by atoms with van der Waals surface area (Å²) >= 11 is 1.27. The summed E-state index contributed by atoms with van der Waals surface area (Å²) in [5, 5.41) is 10.8. The molecule has 1 saturated heterocycles. The maximum absolute atomic E-state index is 14.3. The first kappa shape index (κ1) is 19.4. The van der Waals surface area contributed by atoms with E-state index in [1.807, 2.05) is 0 Å². The standard InChI is InChI=1S/C19H23FN4O2S/c1-12(25)22-14-3-4-15(16(20)10-14)17-11-27-19(23-17)24-18(26)5-2-13-6-8-21-9-7-13/h3-4,10-11,13,21H,2,5-9H2,1H3,(H,22,25)(H,23,24,26). The van der Waals surface area contributed by atoms with Crippen molar-refractivity contribution in [2.75, 3.05) is 23.7 Å². The molecular weight excluding hydrogens is 367 g/mol. The zero-order valence-corrected chi connectivity index (χ0v) is 16.0. The molecule has 1 aromatic carbocycles. The van der Waals surface area contributed by atoms with Crippen LogP contribution in [0.25, 0.3) is 11.3 Å². The highest BCUT2D eigenvalue weighted by molar-refractivity contribution is 7.14. The van der Waals surface area contributed by atoms with Gasteiger partial charge in [0.1, 0.15) is 5.82 Å². The highest BCUT2D eigenvalue weighted by atomic mass is 32.1. The molecule has 2 amide bonds. The quantitative estimate of drug-likeness (QED) is 0.703. The van der Waals surface area contributed by atoms with Crippen molar-refractivity contribution in [3.05, 3.63) is 29.4 Å². The number of hydrogen-bond donors (Lipinski definition) is 3. The minimum absolute atomic E-state index is 0.0593. The van der Waals surface area contributed by atoms with E-state index < -0.39 is 5.82 Å². The number of hydrogen-bond acceptors (Lipinski definition) is 5. The highest BCUT2D eigenvalue weighted by Crippen LogP contribution is 2.29. The number of thiazole rings is 1. The fourth-order valence-corrected chi connectivity index (χ4v) is 3.87. The van der Waals surface area contributed by atoms with Gasteiger partial charge in [-0.3, -0.25) is 9.59 Å². The van der Waals surface area contributed by atoms with Gasteiger partial charge < -0.3 is 16.0 Å². The second kappa shape index (κ2) is 9.05. The Hall–Kier alpha value is -2.32. The topological polar surface area (TPSA) is 83.1 Å². The molecule has 2 heterocycles. The molecular formula is C19H23FN4O2S. The fourth-order valence-electron chi connectivity index (χ4n) is 3.15. The molecule has 0 atom stereocenters. The van der Waals surface area contributed by atoms with E-state index in [1.165, 1.54) is 24.3 Å². The van der Waals surface area contributed by atoms with E-state index >= 15 is 0 Å². The van der Waals surface area contributed by atoms with Crippen molar-refractivity contribution in [3.63, 3.8) is 0 Å². The van der Waals surface area contributed by atoms with Gasteiger partial charge in [0, 0.05) is 30.0 Å². The number of carbonyl (C=O) groups is 2. The Bertz CT molecular complexity index is 818. The predicted molar refractivity (Wildman–Crippen MR) is 105 cm³/mol. The summed E-state index contributed by atoms with van der Waals surface area (Å²) in [5.41, 5.74) is 1.18. The van der Waals surface area contributed by atoms with E-state index in [0.717, 1.165) is 32.4 Å². The lowest BCUT2D eigenvalue weighted by atomic mass is 9.93. The Kier molecular flexibility index (Phi) is 6.52. The molecule has 1 aliphatic rings. The number of nitrogens with one attached hydrogen (secondary N) is 3. The van der Waals surface area contributed by atoms with Crippen LogP contribution in [-0.2, 0) is 9.59 Å². The first-order valence-corrected chi connectivity index (χ1v) is 9.93. The summed E-state index contributed by atoms with van der Waals surface area (Å²) < 4.78 is 14.3. The van der Waals surface area contributed by atoms with Gasteiger partial charge in [-0.1, -0.05) is 0 Å². The van der Waals surface area contributed by atoms with Crippen LogP contribution in [-0.4, -0.2) is 29.9 Å². The fraction of sp³-hybridized carbons (Fsp3) is 0.421. The van der Waals surface area contributed by atoms with E-state index in [4.69, 9.17) is 0 Å². The Morgan fingerprint density at radius 3 is 2.78 bits per heavy atom. The normalized spacial score (nSPS) is 14.7. The van der Waals surface area contributed by atoms with Crippen LogP contribution in [0.15, 0.2) is 23.6 Å². The SMILES string of the molecule is CC(=O)Nc1ccc(-c2csc(NC(=O)CCC3CCNCC3)n2)c(F)c1. The number of halogens is 1. The van der Waals surface area contributed by atoms with Gasteiger partial charge in [0.2, 0.25) is 11.8 Å². The smallest absolute Gasteiger partial charge is 0.226 e. The Balaban J connectivity index is 1.57. The number of benzene rings is 1. The number of amides is 2. The van der Waals surface area contributed by atoms with E-state index in [1.54, 1.807) is 17.5 Å².